The highest BCUT2D eigenvalue weighted by atomic mass is 16.5. The van der Waals surface area contributed by atoms with Crippen LogP contribution in [0.5, 0.6) is 5.75 Å². The summed E-state index contributed by atoms with van der Waals surface area (Å²) in [5.74, 6) is 1.99. The Morgan fingerprint density at radius 1 is 0.960 bits per heavy atom. The van der Waals surface area contributed by atoms with Crippen molar-refractivity contribution in [2.45, 2.75) is 70.5 Å². The topological polar surface area (TPSA) is 15.7 Å². The zero-order valence-electron chi connectivity index (χ0n) is 15.8. The van der Waals surface area contributed by atoms with E-state index in [9.17, 15) is 0 Å². The van der Waals surface area contributed by atoms with Crippen LogP contribution in [0, 0.1) is 5.92 Å². The average Bonchev–Trinajstić information content (AvgIpc) is 3.13. The summed E-state index contributed by atoms with van der Waals surface area (Å²) in [5, 5.41) is 0. The highest BCUT2D eigenvalue weighted by Gasteiger charge is 2.43. The molecule has 3 aliphatic rings. The van der Waals surface area contributed by atoms with Gasteiger partial charge in [0, 0.05) is 37.3 Å². The normalized spacial score (nSPS) is 28.8. The van der Waals surface area contributed by atoms with E-state index in [4.69, 9.17) is 4.74 Å². The van der Waals surface area contributed by atoms with Crippen molar-refractivity contribution in [3.8, 4) is 5.75 Å². The van der Waals surface area contributed by atoms with Gasteiger partial charge in [0.1, 0.15) is 5.75 Å². The fourth-order valence-electron chi connectivity index (χ4n) is 5.59. The van der Waals surface area contributed by atoms with Crippen molar-refractivity contribution in [2.24, 2.45) is 5.92 Å². The molecule has 1 aromatic carbocycles. The smallest absolute Gasteiger partial charge is 0.123 e. The molecular formula is C22H34N2O. The summed E-state index contributed by atoms with van der Waals surface area (Å²) in [6, 6.07) is 10.2. The molecule has 0 N–H and O–H groups in total. The molecule has 2 heterocycles. The quantitative estimate of drug-likeness (QED) is 0.793. The lowest BCUT2D eigenvalue weighted by atomic mass is 9.78. The average molecular weight is 343 g/mol. The molecule has 3 heteroatoms. The predicted octanol–water partition coefficient (Wildman–Crippen LogP) is 4.31. The second-order valence-corrected chi connectivity index (χ2v) is 8.15. The van der Waals surface area contributed by atoms with Crippen LogP contribution in [0.3, 0.4) is 0 Å². The van der Waals surface area contributed by atoms with Gasteiger partial charge in [-0.05, 0) is 51.1 Å². The second-order valence-electron chi connectivity index (χ2n) is 8.15. The molecule has 2 atom stereocenters. The molecule has 3 fully saturated rings. The lowest BCUT2D eigenvalue weighted by Gasteiger charge is -2.49. The maximum Gasteiger partial charge on any atom is 0.123 e. The first-order chi connectivity index (χ1) is 12.4. The van der Waals surface area contributed by atoms with Gasteiger partial charge in [-0.3, -0.25) is 9.80 Å². The zero-order valence-corrected chi connectivity index (χ0v) is 15.8. The Balaban J connectivity index is 1.56. The number of benzene rings is 1. The van der Waals surface area contributed by atoms with Crippen molar-refractivity contribution < 1.29 is 4.74 Å². The van der Waals surface area contributed by atoms with E-state index in [-0.39, 0.29) is 0 Å². The molecule has 2 aliphatic heterocycles. The SMILES string of the molecule is CCOc1ccccc1CN1CCN2CCCC2C1C1CCCCC1. The first kappa shape index (κ1) is 17.4. The van der Waals surface area contributed by atoms with E-state index in [0.29, 0.717) is 0 Å². The van der Waals surface area contributed by atoms with E-state index < -0.39 is 0 Å². The van der Waals surface area contributed by atoms with Crippen molar-refractivity contribution >= 4 is 0 Å². The minimum Gasteiger partial charge on any atom is -0.494 e. The molecule has 0 spiro atoms. The molecule has 2 unspecified atom stereocenters. The maximum absolute atomic E-state index is 5.91. The third-order valence-corrected chi connectivity index (χ3v) is 6.68. The number of hydrogen-bond donors (Lipinski definition) is 0. The first-order valence-corrected chi connectivity index (χ1v) is 10.6. The summed E-state index contributed by atoms with van der Waals surface area (Å²) < 4.78 is 5.91. The number of rotatable bonds is 5. The van der Waals surface area contributed by atoms with Crippen LogP contribution in [0.2, 0.25) is 0 Å². The first-order valence-electron chi connectivity index (χ1n) is 10.6. The van der Waals surface area contributed by atoms with Gasteiger partial charge in [-0.2, -0.15) is 0 Å². The summed E-state index contributed by atoms with van der Waals surface area (Å²) in [7, 11) is 0. The number of ether oxygens (including phenoxy) is 1. The number of nitrogens with zero attached hydrogens (tertiary/aromatic N) is 2. The Bertz CT molecular complexity index is 555. The summed E-state index contributed by atoms with van der Waals surface area (Å²) in [5.41, 5.74) is 1.37. The van der Waals surface area contributed by atoms with Crippen LogP contribution < -0.4 is 4.74 Å². The molecule has 0 bridgehead atoms. The molecule has 0 radical (unpaired) electrons. The molecule has 1 aromatic rings. The molecule has 3 nitrogen and oxygen atoms in total. The van der Waals surface area contributed by atoms with Crippen molar-refractivity contribution in [1.82, 2.24) is 9.80 Å². The van der Waals surface area contributed by atoms with Gasteiger partial charge in [0.2, 0.25) is 0 Å². The maximum atomic E-state index is 5.91. The number of para-hydroxylation sites is 1. The molecule has 138 valence electrons. The van der Waals surface area contributed by atoms with Gasteiger partial charge in [-0.25, -0.2) is 0 Å². The third-order valence-electron chi connectivity index (χ3n) is 6.68. The summed E-state index contributed by atoms with van der Waals surface area (Å²) in [6.45, 7) is 7.69. The van der Waals surface area contributed by atoms with Crippen LogP contribution in [0.4, 0.5) is 0 Å². The molecule has 0 amide bonds. The lowest BCUT2D eigenvalue weighted by molar-refractivity contribution is -0.00418. The van der Waals surface area contributed by atoms with Gasteiger partial charge < -0.3 is 4.74 Å². The van der Waals surface area contributed by atoms with E-state index in [1.807, 2.05) is 0 Å². The van der Waals surface area contributed by atoms with E-state index in [1.54, 1.807) is 0 Å². The summed E-state index contributed by atoms with van der Waals surface area (Å²) in [6.07, 6.45) is 10.0. The Morgan fingerprint density at radius 2 is 1.80 bits per heavy atom. The fraction of sp³-hybridized carbons (Fsp3) is 0.727. The Kier molecular flexibility index (Phi) is 5.62. The highest BCUT2D eigenvalue weighted by Crippen LogP contribution is 2.38. The molecular weight excluding hydrogens is 308 g/mol. The number of piperazine rings is 1. The Morgan fingerprint density at radius 3 is 2.64 bits per heavy atom. The van der Waals surface area contributed by atoms with Crippen LogP contribution in [-0.4, -0.2) is 48.1 Å². The summed E-state index contributed by atoms with van der Waals surface area (Å²) >= 11 is 0. The van der Waals surface area contributed by atoms with Crippen molar-refractivity contribution in [3.05, 3.63) is 29.8 Å². The van der Waals surface area contributed by atoms with Crippen LogP contribution >= 0.6 is 0 Å². The van der Waals surface area contributed by atoms with Crippen LogP contribution in [0.1, 0.15) is 57.4 Å². The van der Waals surface area contributed by atoms with Gasteiger partial charge in [-0.1, -0.05) is 37.5 Å². The largest absolute Gasteiger partial charge is 0.494 e. The number of hydrogen-bond acceptors (Lipinski definition) is 3. The van der Waals surface area contributed by atoms with E-state index in [0.717, 1.165) is 36.9 Å². The van der Waals surface area contributed by atoms with E-state index in [2.05, 4.69) is 41.0 Å². The number of fused-ring (bicyclic) bond motifs is 1. The van der Waals surface area contributed by atoms with E-state index >= 15 is 0 Å². The van der Waals surface area contributed by atoms with Crippen molar-refractivity contribution in [1.29, 1.82) is 0 Å². The van der Waals surface area contributed by atoms with E-state index in [1.165, 1.54) is 70.1 Å². The van der Waals surface area contributed by atoms with Gasteiger partial charge in [0.15, 0.2) is 0 Å². The minimum absolute atomic E-state index is 0.749. The van der Waals surface area contributed by atoms with Crippen LogP contribution in [-0.2, 0) is 6.54 Å². The highest BCUT2D eigenvalue weighted by molar-refractivity contribution is 5.33. The standard InChI is InChI=1S/C22H34N2O/c1-2-25-21-13-7-6-11-19(21)17-24-16-15-23-14-8-12-20(23)22(24)18-9-4-3-5-10-18/h6-7,11,13,18,20,22H,2-5,8-10,12,14-17H2,1H3. The minimum atomic E-state index is 0.749. The molecule has 4 rings (SSSR count). The van der Waals surface area contributed by atoms with Gasteiger partial charge in [-0.15, -0.1) is 0 Å². The third kappa shape index (κ3) is 3.73. The Hall–Kier alpha value is -1.06. The predicted molar refractivity (Wildman–Crippen MR) is 103 cm³/mol. The van der Waals surface area contributed by atoms with Crippen LogP contribution in [0.25, 0.3) is 0 Å². The van der Waals surface area contributed by atoms with Gasteiger partial charge in [0.25, 0.3) is 0 Å². The molecule has 1 saturated carbocycles. The monoisotopic (exact) mass is 342 g/mol. The zero-order chi connectivity index (χ0) is 17.1. The van der Waals surface area contributed by atoms with Crippen LogP contribution in [0.15, 0.2) is 24.3 Å². The van der Waals surface area contributed by atoms with Gasteiger partial charge >= 0.3 is 0 Å². The fourth-order valence-corrected chi connectivity index (χ4v) is 5.59. The molecule has 2 saturated heterocycles. The molecule has 25 heavy (non-hydrogen) atoms. The molecule has 1 aliphatic carbocycles. The second kappa shape index (κ2) is 8.09. The van der Waals surface area contributed by atoms with Gasteiger partial charge in [0.05, 0.1) is 6.61 Å². The lowest BCUT2D eigenvalue weighted by Crippen LogP contribution is -2.59. The van der Waals surface area contributed by atoms with Crippen molar-refractivity contribution in [2.75, 3.05) is 26.2 Å². The Labute approximate surface area is 153 Å². The van der Waals surface area contributed by atoms with Crippen molar-refractivity contribution in [3.63, 3.8) is 0 Å². The summed E-state index contributed by atoms with van der Waals surface area (Å²) in [4.78, 5) is 5.62. The molecule has 0 aromatic heterocycles.